The molecule has 1 aromatic rings. The maximum atomic E-state index is 6.12. The van der Waals surface area contributed by atoms with E-state index in [1.807, 2.05) is 7.05 Å². The van der Waals surface area contributed by atoms with Gasteiger partial charge in [-0.15, -0.1) is 0 Å². The lowest BCUT2D eigenvalue weighted by molar-refractivity contribution is -0.0721. The highest BCUT2D eigenvalue weighted by molar-refractivity contribution is 5.79. The number of ether oxygens (including phenoxy) is 2. The Labute approximate surface area is 164 Å². The first-order valence-electron chi connectivity index (χ1n) is 10.6. The van der Waals surface area contributed by atoms with Crippen molar-refractivity contribution in [3.8, 4) is 0 Å². The van der Waals surface area contributed by atoms with Gasteiger partial charge in [0.25, 0.3) is 0 Å². The van der Waals surface area contributed by atoms with Crippen molar-refractivity contribution in [1.82, 2.24) is 10.2 Å². The minimum atomic E-state index is 0.316. The van der Waals surface area contributed by atoms with Gasteiger partial charge in [-0.3, -0.25) is 4.99 Å². The van der Waals surface area contributed by atoms with E-state index in [-0.39, 0.29) is 0 Å². The van der Waals surface area contributed by atoms with Crippen molar-refractivity contribution in [2.24, 2.45) is 4.99 Å². The second kappa shape index (κ2) is 11.3. The fourth-order valence-electron chi connectivity index (χ4n) is 3.89. The van der Waals surface area contributed by atoms with Crippen molar-refractivity contribution in [1.29, 1.82) is 0 Å². The molecule has 0 amide bonds. The van der Waals surface area contributed by atoms with Crippen LogP contribution in [0, 0.1) is 0 Å². The van der Waals surface area contributed by atoms with Crippen molar-refractivity contribution in [3.63, 3.8) is 0 Å². The number of nitrogens with one attached hydrogen (secondary N) is 1. The first-order chi connectivity index (χ1) is 13.3. The van der Waals surface area contributed by atoms with E-state index in [2.05, 4.69) is 45.5 Å². The molecular weight excluding hydrogens is 338 g/mol. The molecule has 3 rings (SSSR count). The van der Waals surface area contributed by atoms with Crippen LogP contribution in [0.15, 0.2) is 35.3 Å². The largest absolute Gasteiger partial charge is 0.376 e. The average Bonchev–Trinajstić information content (AvgIpc) is 2.74. The van der Waals surface area contributed by atoms with E-state index in [1.165, 1.54) is 18.4 Å². The van der Waals surface area contributed by atoms with Crippen LogP contribution in [0.25, 0.3) is 0 Å². The van der Waals surface area contributed by atoms with Crippen molar-refractivity contribution in [2.75, 3.05) is 39.9 Å². The molecule has 27 heavy (non-hydrogen) atoms. The van der Waals surface area contributed by atoms with Gasteiger partial charge in [-0.05, 0) is 50.5 Å². The van der Waals surface area contributed by atoms with Gasteiger partial charge in [0.05, 0.1) is 18.8 Å². The summed E-state index contributed by atoms with van der Waals surface area (Å²) in [6.07, 6.45) is 8.66. The second-order valence-electron chi connectivity index (χ2n) is 7.57. The van der Waals surface area contributed by atoms with Gasteiger partial charge in [0, 0.05) is 33.3 Å². The van der Waals surface area contributed by atoms with Gasteiger partial charge < -0.3 is 19.7 Å². The van der Waals surface area contributed by atoms with Crippen molar-refractivity contribution in [3.05, 3.63) is 35.9 Å². The summed E-state index contributed by atoms with van der Waals surface area (Å²) in [5.41, 5.74) is 1.40. The van der Waals surface area contributed by atoms with E-state index in [4.69, 9.17) is 9.47 Å². The summed E-state index contributed by atoms with van der Waals surface area (Å²) in [6.45, 7) is 4.63. The van der Waals surface area contributed by atoms with E-state index >= 15 is 0 Å². The summed E-state index contributed by atoms with van der Waals surface area (Å²) >= 11 is 0. The summed E-state index contributed by atoms with van der Waals surface area (Å²) in [5, 5.41) is 3.52. The molecule has 150 valence electrons. The first kappa shape index (κ1) is 20.2. The molecule has 0 saturated carbocycles. The second-order valence-corrected chi connectivity index (χ2v) is 7.57. The monoisotopic (exact) mass is 373 g/mol. The van der Waals surface area contributed by atoms with E-state index in [0.717, 1.165) is 70.9 Å². The number of guanidine groups is 1. The van der Waals surface area contributed by atoms with Crippen molar-refractivity contribution in [2.45, 2.75) is 57.2 Å². The third kappa shape index (κ3) is 6.82. The molecule has 2 aliphatic heterocycles. The number of hydrogen-bond donors (Lipinski definition) is 1. The quantitative estimate of drug-likeness (QED) is 0.453. The van der Waals surface area contributed by atoms with E-state index in [0.29, 0.717) is 12.2 Å². The fraction of sp³-hybridized carbons (Fsp3) is 0.682. The van der Waals surface area contributed by atoms with Crippen LogP contribution in [0.4, 0.5) is 0 Å². The summed E-state index contributed by atoms with van der Waals surface area (Å²) in [4.78, 5) is 6.83. The molecule has 5 nitrogen and oxygen atoms in total. The molecule has 2 saturated heterocycles. The summed E-state index contributed by atoms with van der Waals surface area (Å²) in [5.74, 6) is 1.03. The molecule has 0 spiro atoms. The lowest BCUT2D eigenvalue weighted by Gasteiger charge is -2.35. The van der Waals surface area contributed by atoms with Crippen LogP contribution in [0.3, 0.4) is 0 Å². The molecule has 2 heterocycles. The predicted molar refractivity (Wildman–Crippen MR) is 110 cm³/mol. The number of nitrogens with zero attached hydrogens (tertiary/aromatic N) is 2. The van der Waals surface area contributed by atoms with Crippen LogP contribution < -0.4 is 5.32 Å². The summed E-state index contributed by atoms with van der Waals surface area (Å²) < 4.78 is 11.9. The number of aryl methyl sites for hydroxylation is 1. The van der Waals surface area contributed by atoms with Gasteiger partial charge in [0.15, 0.2) is 5.96 Å². The molecule has 0 aromatic heterocycles. The molecule has 1 unspecified atom stereocenters. The van der Waals surface area contributed by atoms with Crippen LogP contribution in [0.1, 0.15) is 44.1 Å². The number of rotatable bonds is 7. The van der Waals surface area contributed by atoms with Crippen LogP contribution in [-0.4, -0.2) is 63.0 Å². The Hall–Kier alpha value is -1.59. The van der Waals surface area contributed by atoms with E-state index in [9.17, 15) is 0 Å². The molecule has 1 atom stereocenters. The van der Waals surface area contributed by atoms with Gasteiger partial charge in [0.1, 0.15) is 0 Å². The smallest absolute Gasteiger partial charge is 0.193 e. The minimum Gasteiger partial charge on any atom is -0.376 e. The Balaban J connectivity index is 1.31. The van der Waals surface area contributed by atoms with Gasteiger partial charge in [-0.1, -0.05) is 30.3 Å². The molecule has 0 bridgehead atoms. The SMILES string of the molecule is CN=C(NCCCc1ccccc1)N1CCC(OCC2CCCCO2)CC1. The molecule has 1 aromatic carbocycles. The molecule has 0 radical (unpaired) electrons. The Morgan fingerprint density at radius 1 is 1.19 bits per heavy atom. The number of hydrogen-bond acceptors (Lipinski definition) is 3. The van der Waals surface area contributed by atoms with Crippen LogP contribution in [-0.2, 0) is 15.9 Å². The Morgan fingerprint density at radius 2 is 2.00 bits per heavy atom. The van der Waals surface area contributed by atoms with Crippen LogP contribution in [0.2, 0.25) is 0 Å². The average molecular weight is 374 g/mol. The molecular formula is C22H35N3O2. The van der Waals surface area contributed by atoms with Gasteiger partial charge in [-0.2, -0.15) is 0 Å². The molecule has 5 heteroatoms. The third-order valence-corrected chi connectivity index (χ3v) is 5.51. The topological polar surface area (TPSA) is 46.1 Å². The predicted octanol–water partition coefficient (Wildman–Crippen LogP) is 3.24. The zero-order chi connectivity index (χ0) is 18.7. The van der Waals surface area contributed by atoms with Gasteiger partial charge >= 0.3 is 0 Å². The zero-order valence-electron chi connectivity index (χ0n) is 16.7. The van der Waals surface area contributed by atoms with Gasteiger partial charge in [0.2, 0.25) is 0 Å². The lowest BCUT2D eigenvalue weighted by Crippen LogP contribution is -2.47. The standard InChI is InChI=1S/C22H35N3O2/c1-23-22(24-14-7-10-19-8-3-2-4-9-19)25-15-12-20(13-16-25)27-18-21-11-5-6-17-26-21/h2-4,8-9,20-21H,5-7,10-18H2,1H3,(H,23,24). The van der Waals surface area contributed by atoms with Crippen molar-refractivity contribution < 1.29 is 9.47 Å². The zero-order valence-corrected chi connectivity index (χ0v) is 16.7. The van der Waals surface area contributed by atoms with Gasteiger partial charge in [-0.25, -0.2) is 0 Å². The highest BCUT2D eigenvalue weighted by Gasteiger charge is 2.23. The third-order valence-electron chi connectivity index (χ3n) is 5.51. The number of likely N-dealkylation sites (tertiary alicyclic amines) is 1. The summed E-state index contributed by atoms with van der Waals surface area (Å²) in [6, 6.07) is 10.7. The molecule has 0 aliphatic carbocycles. The maximum Gasteiger partial charge on any atom is 0.193 e. The van der Waals surface area contributed by atoms with E-state index in [1.54, 1.807) is 0 Å². The van der Waals surface area contributed by atoms with Crippen molar-refractivity contribution >= 4 is 5.96 Å². The highest BCUT2D eigenvalue weighted by Crippen LogP contribution is 2.18. The highest BCUT2D eigenvalue weighted by atomic mass is 16.5. The lowest BCUT2D eigenvalue weighted by atomic mass is 10.1. The minimum absolute atomic E-state index is 0.316. The number of benzene rings is 1. The Morgan fingerprint density at radius 3 is 2.70 bits per heavy atom. The maximum absolute atomic E-state index is 6.12. The molecule has 2 fully saturated rings. The number of piperidine rings is 1. The normalized spacial score (nSPS) is 22.0. The van der Waals surface area contributed by atoms with Crippen LogP contribution in [0.5, 0.6) is 0 Å². The Bertz CT molecular complexity index is 550. The molecule has 1 N–H and O–H groups in total. The van der Waals surface area contributed by atoms with Crippen LogP contribution >= 0.6 is 0 Å². The molecule has 2 aliphatic rings. The number of aliphatic imine (C=N–C) groups is 1. The Kier molecular flexibility index (Phi) is 8.43. The summed E-state index contributed by atoms with van der Waals surface area (Å²) in [7, 11) is 1.88. The first-order valence-corrected chi connectivity index (χ1v) is 10.6. The van der Waals surface area contributed by atoms with E-state index < -0.39 is 0 Å². The fourth-order valence-corrected chi connectivity index (χ4v) is 3.89.